The molecule has 0 amide bonds. The van der Waals surface area contributed by atoms with Gasteiger partial charge in [-0.3, -0.25) is 0 Å². The predicted octanol–water partition coefficient (Wildman–Crippen LogP) is 4.28. The summed E-state index contributed by atoms with van der Waals surface area (Å²) in [5, 5.41) is 3.33. The molecule has 0 radical (unpaired) electrons. The summed E-state index contributed by atoms with van der Waals surface area (Å²) in [7, 11) is 1.98. The first kappa shape index (κ1) is 14.2. The minimum atomic E-state index is -0.0721. The second-order valence-electron chi connectivity index (χ2n) is 4.81. The minimum absolute atomic E-state index is 0.0721. The Hall–Kier alpha value is -0.890. The second kappa shape index (κ2) is 6.75. The molecule has 1 nitrogen and oxygen atoms in total. The topological polar surface area (TPSA) is 12.0 Å². The van der Waals surface area contributed by atoms with Gasteiger partial charge in [-0.2, -0.15) is 0 Å². The molecule has 0 aromatic heterocycles. The number of nitrogens with one attached hydrogen (secondary N) is 1. The molecule has 1 aromatic carbocycles. The van der Waals surface area contributed by atoms with Crippen molar-refractivity contribution in [2.75, 3.05) is 7.05 Å². The molecule has 0 aliphatic heterocycles. The van der Waals surface area contributed by atoms with E-state index in [0.717, 1.165) is 17.5 Å². The van der Waals surface area contributed by atoms with Gasteiger partial charge in [-0.1, -0.05) is 38.3 Å². The fraction of sp³-hybridized carbons (Fsp3) is 0.600. The lowest BCUT2D eigenvalue weighted by Gasteiger charge is -2.18. The molecule has 2 heteroatoms. The third-order valence-corrected chi connectivity index (χ3v) is 3.31. The Kier molecular flexibility index (Phi) is 5.63. The number of hydrogen-bond acceptors (Lipinski definition) is 1. The molecule has 0 saturated carbocycles. The number of unbranched alkanes of at least 4 members (excludes halogenated alkanes) is 2. The summed E-state index contributed by atoms with van der Waals surface area (Å²) < 4.78 is 13.6. The van der Waals surface area contributed by atoms with Gasteiger partial charge in [0.25, 0.3) is 0 Å². The van der Waals surface area contributed by atoms with Crippen molar-refractivity contribution in [3.63, 3.8) is 0 Å². The Labute approximate surface area is 104 Å². The quantitative estimate of drug-likeness (QED) is 0.728. The van der Waals surface area contributed by atoms with Gasteiger partial charge in [0.2, 0.25) is 0 Å². The van der Waals surface area contributed by atoms with Gasteiger partial charge in [-0.15, -0.1) is 0 Å². The van der Waals surface area contributed by atoms with Gasteiger partial charge in [0.1, 0.15) is 5.82 Å². The van der Waals surface area contributed by atoms with E-state index in [-0.39, 0.29) is 5.82 Å². The Balaban J connectivity index is 2.81. The van der Waals surface area contributed by atoms with E-state index >= 15 is 0 Å². The fourth-order valence-electron chi connectivity index (χ4n) is 2.26. The van der Waals surface area contributed by atoms with E-state index in [1.54, 1.807) is 0 Å². The third kappa shape index (κ3) is 3.81. The number of rotatable bonds is 6. The molecule has 0 aliphatic rings. The average molecular weight is 237 g/mol. The SMILES string of the molecule is CCCCCC(NC)c1cc(C)c(F)c(C)c1. The smallest absolute Gasteiger partial charge is 0.129 e. The Morgan fingerprint density at radius 3 is 2.24 bits per heavy atom. The van der Waals surface area contributed by atoms with Crippen molar-refractivity contribution < 1.29 is 4.39 Å². The lowest BCUT2D eigenvalue weighted by molar-refractivity contribution is 0.509. The molecule has 17 heavy (non-hydrogen) atoms. The van der Waals surface area contributed by atoms with Gasteiger partial charge < -0.3 is 5.32 Å². The monoisotopic (exact) mass is 237 g/mol. The molecule has 1 atom stereocenters. The Morgan fingerprint density at radius 2 is 1.76 bits per heavy atom. The highest BCUT2D eigenvalue weighted by Crippen LogP contribution is 2.23. The first-order valence-electron chi connectivity index (χ1n) is 6.54. The van der Waals surface area contributed by atoms with Crippen LogP contribution >= 0.6 is 0 Å². The molecule has 1 rings (SSSR count). The molecule has 0 fully saturated rings. The van der Waals surface area contributed by atoms with E-state index < -0.39 is 0 Å². The molecule has 1 unspecified atom stereocenters. The summed E-state index contributed by atoms with van der Waals surface area (Å²) in [6.45, 7) is 5.88. The highest BCUT2D eigenvalue weighted by atomic mass is 19.1. The van der Waals surface area contributed by atoms with Crippen molar-refractivity contribution in [3.05, 3.63) is 34.6 Å². The number of benzene rings is 1. The lowest BCUT2D eigenvalue weighted by Crippen LogP contribution is -2.17. The van der Waals surface area contributed by atoms with Crippen molar-refractivity contribution in [3.8, 4) is 0 Å². The maximum atomic E-state index is 13.6. The van der Waals surface area contributed by atoms with Crippen molar-refractivity contribution in [1.82, 2.24) is 5.32 Å². The molecular formula is C15H24FN. The first-order chi connectivity index (χ1) is 8.10. The number of halogens is 1. The van der Waals surface area contributed by atoms with Gasteiger partial charge >= 0.3 is 0 Å². The maximum Gasteiger partial charge on any atom is 0.129 e. The Bertz CT molecular complexity index is 337. The van der Waals surface area contributed by atoms with Crippen LogP contribution in [-0.4, -0.2) is 7.05 Å². The van der Waals surface area contributed by atoms with E-state index in [4.69, 9.17) is 0 Å². The third-order valence-electron chi connectivity index (χ3n) is 3.31. The second-order valence-corrected chi connectivity index (χ2v) is 4.81. The predicted molar refractivity (Wildman–Crippen MR) is 71.8 cm³/mol. The van der Waals surface area contributed by atoms with E-state index in [1.165, 1.54) is 24.8 Å². The lowest BCUT2D eigenvalue weighted by atomic mass is 9.97. The average Bonchev–Trinajstić information content (AvgIpc) is 2.31. The van der Waals surface area contributed by atoms with Crippen LogP contribution in [0.2, 0.25) is 0 Å². The van der Waals surface area contributed by atoms with Crippen LogP contribution in [-0.2, 0) is 0 Å². The van der Waals surface area contributed by atoms with Crippen LogP contribution in [0.15, 0.2) is 12.1 Å². The van der Waals surface area contributed by atoms with E-state index in [1.807, 2.05) is 33.0 Å². The van der Waals surface area contributed by atoms with Crippen molar-refractivity contribution in [2.24, 2.45) is 0 Å². The van der Waals surface area contributed by atoms with Gasteiger partial charge in [-0.05, 0) is 44.0 Å². The van der Waals surface area contributed by atoms with Gasteiger partial charge in [0.05, 0.1) is 0 Å². The number of hydrogen-bond donors (Lipinski definition) is 1. The van der Waals surface area contributed by atoms with Crippen LogP contribution in [0.5, 0.6) is 0 Å². The standard InChI is InChI=1S/C15H24FN/c1-5-6-7-8-14(17-4)13-9-11(2)15(16)12(3)10-13/h9-10,14,17H,5-8H2,1-4H3. The minimum Gasteiger partial charge on any atom is -0.313 e. The maximum absolute atomic E-state index is 13.6. The van der Waals surface area contributed by atoms with Crippen molar-refractivity contribution in [1.29, 1.82) is 0 Å². The molecular weight excluding hydrogens is 213 g/mol. The Morgan fingerprint density at radius 1 is 1.18 bits per heavy atom. The van der Waals surface area contributed by atoms with Gasteiger partial charge in [0, 0.05) is 6.04 Å². The van der Waals surface area contributed by atoms with E-state index in [2.05, 4.69) is 12.2 Å². The molecule has 1 aromatic rings. The molecule has 1 N–H and O–H groups in total. The summed E-state index contributed by atoms with van der Waals surface area (Å²) in [5.74, 6) is -0.0721. The van der Waals surface area contributed by atoms with Crippen molar-refractivity contribution >= 4 is 0 Å². The summed E-state index contributed by atoms with van der Waals surface area (Å²) in [5.41, 5.74) is 2.70. The van der Waals surface area contributed by atoms with Gasteiger partial charge in [-0.25, -0.2) is 4.39 Å². The molecule has 0 spiro atoms. The summed E-state index contributed by atoms with van der Waals surface area (Å²) in [6, 6.07) is 4.28. The van der Waals surface area contributed by atoms with Crippen LogP contribution in [0.4, 0.5) is 4.39 Å². The summed E-state index contributed by atoms with van der Waals surface area (Å²) >= 11 is 0. The molecule has 0 saturated heterocycles. The molecule has 0 aliphatic carbocycles. The summed E-state index contributed by atoms with van der Waals surface area (Å²) in [4.78, 5) is 0. The zero-order valence-corrected chi connectivity index (χ0v) is 11.4. The van der Waals surface area contributed by atoms with Crippen LogP contribution in [0.1, 0.15) is 55.3 Å². The number of aryl methyl sites for hydroxylation is 2. The van der Waals surface area contributed by atoms with Crippen LogP contribution in [0, 0.1) is 19.7 Å². The zero-order valence-electron chi connectivity index (χ0n) is 11.4. The van der Waals surface area contributed by atoms with Gasteiger partial charge in [0.15, 0.2) is 0 Å². The molecule has 96 valence electrons. The summed E-state index contributed by atoms with van der Waals surface area (Å²) in [6.07, 6.45) is 4.83. The molecule has 0 bridgehead atoms. The highest BCUT2D eigenvalue weighted by Gasteiger charge is 2.12. The van der Waals surface area contributed by atoms with Crippen LogP contribution < -0.4 is 5.32 Å². The van der Waals surface area contributed by atoms with E-state index in [9.17, 15) is 4.39 Å². The fourth-order valence-corrected chi connectivity index (χ4v) is 2.26. The van der Waals surface area contributed by atoms with Crippen LogP contribution in [0.3, 0.4) is 0 Å². The highest BCUT2D eigenvalue weighted by molar-refractivity contribution is 5.32. The first-order valence-corrected chi connectivity index (χ1v) is 6.54. The zero-order chi connectivity index (χ0) is 12.8. The van der Waals surface area contributed by atoms with Crippen molar-refractivity contribution in [2.45, 2.75) is 52.5 Å². The normalized spacial score (nSPS) is 12.8. The largest absolute Gasteiger partial charge is 0.313 e. The molecule has 0 heterocycles. The van der Waals surface area contributed by atoms with E-state index in [0.29, 0.717) is 6.04 Å². The van der Waals surface area contributed by atoms with Crippen LogP contribution in [0.25, 0.3) is 0 Å².